The molecule has 1 N–H and O–H groups in total. The number of ether oxygens (including phenoxy) is 1. The second kappa shape index (κ2) is 4.49. The van der Waals surface area contributed by atoms with Crippen LogP contribution in [0.2, 0.25) is 0 Å². The number of rotatable bonds is 2. The first-order valence-corrected chi connectivity index (χ1v) is 6.00. The zero-order chi connectivity index (χ0) is 10.7. The molecule has 0 atom stereocenters. The summed E-state index contributed by atoms with van der Waals surface area (Å²) in [6, 6.07) is 3.62. The molecule has 1 aliphatic carbocycles. The second-order valence-corrected chi connectivity index (χ2v) is 4.74. The van der Waals surface area contributed by atoms with Gasteiger partial charge in [0.25, 0.3) is 0 Å². The fraction of sp³-hybridized carbons (Fsp3) is 0.545. The predicted octanol–water partition coefficient (Wildman–Crippen LogP) is 2.88. The Balaban J connectivity index is 2.03. The van der Waals surface area contributed by atoms with E-state index in [-0.39, 0.29) is 0 Å². The minimum absolute atomic E-state index is 0.627. The first kappa shape index (κ1) is 10.9. The van der Waals surface area contributed by atoms with Gasteiger partial charge in [-0.15, -0.1) is 0 Å². The van der Waals surface area contributed by atoms with Gasteiger partial charge in [-0.2, -0.15) is 0 Å². The van der Waals surface area contributed by atoms with Crippen LogP contribution in [0.1, 0.15) is 32.1 Å². The second-order valence-electron chi connectivity index (χ2n) is 3.93. The van der Waals surface area contributed by atoms with E-state index < -0.39 is 5.79 Å². The molecule has 3 nitrogen and oxygen atoms in total. The van der Waals surface area contributed by atoms with Crippen LogP contribution in [0.4, 0.5) is 0 Å². The summed E-state index contributed by atoms with van der Waals surface area (Å²) in [4.78, 5) is 4.06. The summed E-state index contributed by atoms with van der Waals surface area (Å²) in [7, 11) is 0. The molecule has 0 radical (unpaired) electrons. The molecule has 1 aliphatic rings. The van der Waals surface area contributed by atoms with Crippen molar-refractivity contribution in [3.05, 3.63) is 22.9 Å². The van der Waals surface area contributed by atoms with E-state index in [1.807, 2.05) is 12.1 Å². The Labute approximate surface area is 97.6 Å². The van der Waals surface area contributed by atoms with Crippen molar-refractivity contribution in [2.45, 2.75) is 37.9 Å². The molecule has 2 rings (SSSR count). The van der Waals surface area contributed by atoms with E-state index in [4.69, 9.17) is 4.74 Å². The minimum Gasteiger partial charge on any atom is -0.461 e. The topological polar surface area (TPSA) is 42.4 Å². The van der Waals surface area contributed by atoms with Gasteiger partial charge in [0, 0.05) is 12.8 Å². The number of aliphatic hydroxyl groups is 1. The highest BCUT2D eigenvalue weighted by atomic mass is 79.9. The fourth-order valence-electron chi connectivity index (χ4n) is 1.85. The van der Waals surface area contributed by atoms with Crippen LogP contribution in [0.3, 0.4) is 0 Å². The van der Waals surface area contributed by atoms with E-state index in [1.54, 1.807) is 6.20 Å². The van der Waals surface area contributed by atoms with E-state index in [2.05, 4.69) is 20.9 Å². The third-order valence-corrected chi connectivity index (χ3v) is 3.11. The largest absolute Gasteiger partial charge is 0.461 e. The molecule has 0 saturated heterocycles. The van der Waals surface area contributed by atoms with Crippen molar-refractivity contribution in [2.75, 3.05) is 0 Å². The predicted molar refractivity (Wildman–Crippen MR) is 60.6 cm³/mol. The Morgan fingerprint density at radius 1 is 1.27 bits per heavy atom. The van der Waals surface area contributed by atoms with Crippen molar-refractivity contribution in [2.24, 2.45) is 0 Å². The fourth-order valence-corrected chi connectivity index (χ4v) is 2.08. The Hall–Kier alpha value is -0.610. The van der Waals surface area contributed by atoms with Gasteiger partial charge in [0.1, 0.15) is 10.4 Å². The molecule has 4 heteroatoms. The lowest BCUT2D eigenvalue weighted by Gasteiger charge is -2.32. The van der Waals surface area contributed by atoms with Gasteiger partial charge in [0.2, 0.25) is 5.79 Å². The Morgan fingerprint density at radius 2 is 2.00 bits per heavy atom. The molecule has 0 unspecified atom stereocenters. The lowest BCUT2D eigenvalue weighted by molar-refractivity contribution is -0.158. The molecule has 0 spiro atoms. The average Bonchev–Trinajstić information content (AvgIpc) is 2.22. The highest BCUT2D eigenvalue weighted by Gasteiger charge is 2.31. The standard InChI is InChI=1S/C11H14BrNO2/c12-10-5-4-9(8-13-10)15-11(14)6-2-1-3-7-11/h4-5,8,14H,1-3,6-7H2. The first-order valence-electron chi connectivity index (χ1n) is 5.21. The summed E-state index contributed by atoms with van der Waals surface area (Å²) < 4.78 is 6.34. The zero-order valence-corrected chi connectivity index (χ0v) is 10.0. The number of nitrogens with zero attached hydrogens (tertiary/aromatic N) is 1. The van der Waals surface area contributed by atoms with Crippen LogP contribution < -0.4 is 4.74 Å². The molecule has 0 aromatic carbocycles. The summed E-state index contributed by atoms with van der Waals surface area (Å²) in [5.41, 5.74) is 0. The van der Waals surface area contributed by atoms with Crippen molar-refractivity contribution in [1.82, 2.24) is 4.98 Å². The van der Waals surface area contributed by atoms with Crippen molar-refractivity contribution >= 4 is 15.9 Å². The summed E-state index contributed by atoms with van der Waals surface area (Å²) in [5, 5.41) is 10.1. The molecule has 0 bridgehead atoms. The molecule has 1 fully saturated rings. The number of halogens is 1. The van der Waals surface area contributed by atoms with Crippen LogP contribution in [-0.2, 0) is 0 Å². The summed E-state index contributed by atoms with van der Waals surface area (Å²) in [6.45, 7) is 0. The smallest absolute Gasteiger partial charge is 0.208 e. The van der Waals surface area contributed by atoms with Crippen LogP contribution >= 0.6 is 15.9 Å². The van der Waals surface area contributed by atoms with E-state index in [1.165, 1.54) is 6.42 Å². The van der Waals surface area contributed by atoms with Crippen LogP contribution in [-0.4, -0.2) is 15.9 Å². The summed E-state index contributed by atoms with van der Waals surface area (Å²) in [6.07, 6.45) is 6.29. The summed E-state index contributed by atoms with van der Waals surface area (Å²) in [5.74, 6) is -0.351. The monoisotopic (exact) mass is 271 g/mol. The zero-order valence-electron chi connectivity index (χ0n) is 8.45. The Bertz CT molecular complexity index is 320. The van der Waals surface area contributed by atoms with Crippen LogP contribution in [0, 0.1) is 0 Å². The van der Waals surface area contributed by atoms with Crippen LogP contribution in [0.25, 0.3) is 0 Å². The molecule has 1 aromatic heterocycles. The van der Waals surface area contributed by atoms with Gasteiger partial charge >= 0.3 is 0 Å². The van der Waals surface area contributed by atoms with E-state index in [0.717, 1.165) is 17.4 Å². The summed E-state index contributed by atoms with van der Waals surface area (Å²) >= 11 is 3.25. The van der Waals surface area contributed by atoms with Gasteiger partial charge in [-0.25, -0.2) is 4.98 Å². The molecular weight excluding hydrogens is 258 g/mol. The molecule has 1 heterocycles. The molecular formula is C11H14BrNO2. The van der Waals surface area contributed by atoms with Crippen molar-refractivity contribution < 1.29 is 9.84 Å². The molecule has 0 aliphatic heterocycles. The maximum atomic E-state index is 10.1. The first-order chi connectivity index (χ1) is 7.18. The molecule has 15 heavy (non-hydrogen) atoms. The van der Waals surface area contributed by atoms with Gasteiger partial charge in [-0.3, -0.25) is 0 Å². The SMILES string of the molecule is OC1(Oc2ccc(Br)nc2)CCCCC1. The Morgan fingerprint density at radius 3 is 2.60 bits per heavy atom. The lowest BCUT2D eigenvalue weighted by Crippen LogP contribution is -2.37. The van der Waals surface area contributed by atoms with Crippen molar-refractivity contribution in [3.63, 3.8) is 0 Å². The van der Waals surface area contributed by atoms with Gasteiger partial charge < -0.3 is 9.84 Å². The van der Waals surface area contributed by atoms with Crippen molar-refractivity contribution in [3.8, 4) is 5.75 Å². The molecule has 1 aromatic rings. The third kappa shape index (κ3) is 2.92. The number of pyridine rings is 1. The minimum atomic E-state index is -0.978. The highest BCUT2D eigenvalue weighted by molar-refractivity contribution is 9.10. The third-order valence-electron chi connectivity index (χ3n) is 2.64. The van der Waals surface area contributed by atoms with Gasteiger partial charge in [0.05, 0.1) is 6.20 Å². The van der Waals surface area contributed by atoms with Gasteiger partial charge in [0.15, 0.2) is 0 Å². The van der Waals surface area contributed by atoms with E-state index in [0.29, 0.717) is 18.6 Å². The van der Waals surface area contributed by atoms with E-state index in [9.17, 15) is 5.11 Å². The van der Waals surface area contributed by atoms with Crippen LogP contribution in [0.15, 0.2) is 22.9 Å². The Kier molecular flexibility index (Phi) is 3.26. The average molecular weight is 272 g/mol. The van der Waals surface area contributed by atoms with Gasteiger partial charge in [-0.1, -0.05) is 6.42 Å². The maximum absolute atomic E-state index is 10.1. The highest BCUT2D eigenvalue weighted by Crippen LogP contribution is 2.30. The quantitative estimate of drug-likeness (QED) is 0.665. The van der Waals surface area contributed by atoms with Gasteiger partial charge in [-0.05, 0) is 40.9 Å². The molecule has 82 valence electrons. The normalized spacial score (nSPS) is 19.9. The number of hydrogen-bond donors (Lipinski definition) is 1. The van der Waals surface area contributed by atoms with Crippen molar-refractivity contribution in [1.29, 1.82) is 0 Å². The van der Waals surface area contributed by atoms with Crippen LogP contribution in [0.5, 0.6) is 5.75 Å². The number of hydrogen-bond acceptors (Lipinski definition) is 3. The number of aromatic nitrogens is 1. The molecule has 1 saturated carbocycles. The van der Waals surface area contributed by atoms with E-state index >= 15 is 0 Å². The molecule has 0 amide bonds. The maximum Gasteiger partial charge on any atom is 0.208 e. The lowest BCUT2D eigenvalue weighted by atomic mass is 9.94.